The molecule has 74 valence electrons. The summed E-state index contributed by atoms with van der Waals surface area (Å²) in [7, 11) is 0. The van der Waals surface area contributed by atoms with E-state index in [1.807, 2.05) is 13.8 Å². The van der Waals surface area contributed by atoms with Crippen LogP contribution >= 0.6 is 22.9 Å². The Morgan fingerprint density at radius 1 is 1.50 bits per heavy atom. The minimum Gasteiger partial charge on any atom is -0.389 e. The van der Waals surface area contributed by atoms with Gasteiger partial charge in [-0.05, 0) is 13.8 Å². The van der Waals surface area contributed by atoms with Crippen molar-refractivity contribution in [1.82, 2.24) is 14.8 Å². The van der Waals surface area contributed by atoms with Gasteiger partial charge in [-0.15, -0.1) is 0 Å². The first kappa shape index (κ1) is 9.48. The Morgan fingerprint density at radius 3 is 2.64 bits per heavy atom. The molecule has 0 bridgehead atoms. The maximum absolute atomic E-state index is 6.02. The lowest BCUT2D eigenvalue weighted by atomic mass is 10.4. The molecule has 2 N–H and O–H groups in total. The molecule has 0 aromatic carbocycles. The molecular weight excluding hydrogens is 220 g/mol. The van der Waals surface area contributed by atoms with Crippen LogP contribution in [0.15, 0.2) is 6.20 Å². The highest BCUT2D eigenvalue weighted by molar-refractivity contribution is 7.17. The van der Waals surface area contributed by atoms with Gasteiger partial charge in [0.2, 0.25) is 5.13 Å². The van der Waals surface area contributed by atoms with Gasteiger partial charge in [-0.1, -0.05) is 22.9 Å². The van der Waals surface area contributed by atoms with Crippen molar-refractivity contribution in [3.05, 3.63) is 22.6 Å². The molecule has 4 nitrogen and oxygen atoms in total. The first-order valence-electron chi connectivity index (χ1n) is 4.03. The average Bonchev–Trinajstić information content (AvgIpc) is 2.66. The number of nitrogen functional groups attached to an aromatic ring is 1. The van der Waals surface area contributed by atoms with Crippen molar-refractivity contribution < 1.29 is 0 Å². The molecule has 0 aliphatic heterocycles. The van der Waals surface area contributed by atoms with Crippen molar-refractivity contribution in [2.24, 2.45) is 0 Å². The Labute approximate surface area is 90.3 Å². The van der Waals surface area contributed by atoms with Crippen LogP contribution in [0.3, 0.4) is 0 Å². The van der Waals surface area contributed by atoms with E-state index in [2.05, 4.69) is 10.1 Å². The maximum atomic E-state index is 6.02. The summed E-state index contributed by atoms with van der Waals surface area (Å²) in [6, 6.07) is 0. The van der Waals surface area contributed by atoms with Gasteiger partial charge in [-0.25, -0.2) is 9.67 Å². The van der Waals surface area contributed by atoms with Crippen LogP contribution in [-0.4, -0.2) is 14.8 Å². The zero-order valence-corrected chi connectivity index (χ0v) is 9.35. The van der Waals surface area contributed by atoms with E-state index in [-0.39, 0.29) is 0 Å². The van der Waals surface area contributed by atoms with E-state index >= 15 is 0 Å². The Kier molecular flexibility index (Phi) is 2.20. The number of halogens is 1. The highest BCUT2D eigenvalue weighted by Crippen LogP contribution is 2.25. The molecule has 2 aromatic heterocycles. The molecule has 0 aliphatic carbocycles. The minimum absolute atomic E-state index is 0.670. The quantitative estimate of drug-likeness (QED) is 0.814. The topological polar surface area (TPSA) is 56.7 Å². The summed E-state index contributed by atoms with van der Waals surface area (Å²) in [6.45, 7) is 3.77. The highest BCUT2D eigenvalue weighted by atomic mass is 35.5. The second-order valence-electron chi connectivity index (χ2n) is 2.94. The molecule has 0 radical (unpaired) electrons. The largest absolute Gasteiger partial charge is 0.389 e. The molecule has 0 unspecified atom stereocenters. The van der Waals surface area contributed by atoms with Crippen LogP contribution < -0.4 is 5.73 Å². The van der Waals surface area contributed by atoms with E-state index in [4.69, 9.17) is 17.3 Å². The summed E-state index contributed by atoms with van der Waals surface area (Å²) in [4.78, 5) is 4.14. The standard InChI is InChI=1S/C8H9ClN4S/c1-4-7(9)5(2)13(12-4)8-11-3-6(10)14-8/h3H,10H2,1-2H3. The zero-order chi connectivity index (χ0) is 10.3. The third-order valence-corrected chi connectivity index (χ3v) is 3.24. The van der Waals surface area contributed by atoms with Crippen molar-refractivity contribution in [2.45, 2.75) is 13.8 Å². The fourth-order valence-electron chi connectivity index (χ4n) is 1.18. The molecule has 2 rings (SSSR count). The van der Waals surface area contributed by atoms with Gasteiger partial charge in [0.05, 0.1) is 22.6 Å². The Morgan fingerprint density at radius 2 is 2.21 bits per heavy atom. The van der Waals surface area contributed by atoms with E-state index in [9.17, 15) is 0 Å². The van der Waals surface area contributed by atoms with Gasteiger partial charge in [0, 0.05) is 0 Å². The molecule has 2 heterocycles. The monoisotopic (exact) mass is 228 g/mol. The predicted molar refractivity (Wildman–Crippen MR) is 58.1 cm³/mol. The van der Waals surface area contributed by atoms with E-state index < -0.39 is 0 Å². The number of anilines is 1. The predicted octanol–water partition coefficient (Wildman–Crippen LogP) is 2.18. The van der Waals surface area contributed by atoms with Crippen LogP contribution in [0.1, 0.15) is 11.4 Å². The summed E-state index contributed by atoms with van der Waals surface area (Å²) >= 11 is 7.40. The van der Waals surface area contributed by atoms with Crippen LogP contribution in [0.25, 0.3) is 5.13 Å². The van der Waals surface area contributed by atoms with Crippen LogP contribution in [0.4, 0.5) is 5.00 Å². The third kappa shape index (κ3) is 1.38. The second-order valence-corrected chi connectivity index (χ2v) is 4.36. The minimum atomic E-state index is 0.670. The van der Waals surface area contributed by atoms with Crippen molar-refractivity contribution in [3.8, 4) is 5.13 Å². The van der Waals surface area contributed by atoms with Gasteiger partial charge in [-0.3, -0.25) is 0 Å². The Balaban J connectivity index is 2.57. The zero-order valence-electron chi connectivity index (χ0n) is 7.78. The van der Waals surface area contributed by atoms with Crippen LogP contribution in [0.2, 0.25) is 5.02 Å². The number of thiazole rings is 1. The lowest BCUT2D eigenvalue weighted by Gasteiger charge is -1.96. The molecule has 0 spiro atoms. The Hall–Kier alpha value is -1.07. The van der Waals surface area contributed by atoms with Gasteiger partial charge >= 0.3 is 0 Å². The molecular formula is C8H9ClN4S. The van der Waals surface area contributed by atoms with Crippen molar-refractivity contribution in [2.75, 3.05) is 5.73 Å². The number of hydrogen-bond acceptors (Lipinski definition) is 4. The summed E-state index contributed by atoms with van der Waals surface area (Å²) in [5, 5.41) is 6.37. The van der Waals surface area contributed by atoms with E-state index in [1.54, 1.807) is 10.9 Å². The molecule has 2 aromatic rings. The summed E-state index contributed by atoms with van der Waals surface area (Å²) in [5.74, 6) is 0. The molecule has 6 heteroatoms. The van der Waals surface area contributed by atoms with Crippen LogP contribution in [-0.2, 0) is 0 Å². The third-order valence-electron chi connectivity index (χ3n) is 1.90. The fraction of sp³-hybridized carbons (Fsp3) is 0.250. The fourth-order valence-corrected chi connectivity index (χ4v) is 1.99. The van der Waals surface area contributed by atoms with Crippen molar-refractivity contribution in [1.29, 1.82) is 0 Å². The number of aryl methyl sites for hydroxylation is 1. The maximum Gasteiger partial charge on any atom is 0.212 e. The smallest absolute Gasteiger partial charge is 0.212 e. The van der Waals surface area contributed by atoms with Gasteiger partial charge < -0.3 is 5.73 Å². The van der Waals surface area contributed by atoms with Crippen LogP contribution in [0.5, 0.6) is 0 Å². The Bertz CT molecular complexity index is 474. The first-order valence-corrected chi connectivity index (χ1v) is 5.22. The lowest BCUT2D eigenvalue weighted by Crippen LogP contribution is -1.97. The van der Waals surface area contributed by atoms with E-state index in [1.165, 1.54) is 11.3 Å². The van der Waals surface area contributed by atoms with E-state index in [0.29, 0.717) is 10.0 Å². The summed E-state index contributed by atoms with van der Waals surface area (Å²) in [5.41, 5.74) is 7.28. The lowest BCUT2D eigenvalue weighted by molar-refractivity contribution is 0.825. The number of nitrogens with two attached hydrogens (primary N) is 1. The summed E-state index contributed by atoms with van der Waals surface area (Å²) < 4.78 is 1.71. The summed E-state index contributed by atoms with van der Waals surface area (Å²) in [6.07, 6.45) is 1.62. The normalized spacial score (nSPS) is 10.8. The number of rotatable bonds is 1. The molecule has 0 saturated heterocycles. The van der Waals surface area contributed by atoms with Gasteiger partial charge in [0.25, 0.3) is 0 Å². The average molecular weight is 229 g/mol. The second kappa shape index (κ2) is 3.25. The number of nitrogens with zero attached hydrogens (tertiary/aromatic N) is 3. The molecule has 0 aliphatic rings. The molecule has 0 atom stereocenters. The van der Waals surface area contributed by atoms with Gasteiger partial charge in [-0.2, -0.15) is 5.10 Å². The van der Waals surface area contributed by atoms with Crippen molar-refractivity contribution >= 4 is 27.9 Å². The molecule has 0 amide bonds. The molecule has 0 fully saturated rings. The van der Waals surface area contributed by atoms with Gasteiger partial charge in [0.1, 0.15) is 5.00 Å². The van der Waals surface area contributed by atoms with Gasteiger partial charge in [0.15, 0.2) is 0 Å². The molecule has 14 heavy (non-hydrogen) atoms. The first-order chi connectivity index (χ1) is 6.59. The highest BCUT2D eigenvalue weighted by Gasteiger charge is 2.12. The molecule has 0 saturated carbocycles. The number of aromatic nitrogens is 3. The SMILES string of the molecule is Cc1nn(-c2ncc(N)s2)c(C)c1Cl. The van der Waals surface area contributed by atoms with E-state index in [0.717, 1.165) is 16.5 Å². The van der Waals surface area contributed by atoms with Crippen LogP contribution in [0, 0.1) is 13.8 Å². The number of hydrogen-bond donors (Lipinski definition) is 1. The van der Waals surface area contributed by atoms with Crippen molar-refractivity contribution in [3.63, 3.8) is 0 Å².